The van der Waals surface area contributed by atoms with Crippen LogP contribution in [0.2, 0.25) is 0 Å². The van der Waals surface area contributed by atoms with E-state index in [4.69, 9.17) is 0 Å². The molecule has 0 saturated carbocycles. The number of carbonyl (C=O) groups is 1. The van der Waals surface area contributed by atoms with E-state index in [1.54, 1.807) is 0 Å². The summed E-state index contributed by atoms with van der Waals surface area (Å²) in [4.78, 5) is 43.2. The second-order valence-electron chi connectivity index (χ2n) is 8.73. The number of aryl methyl sites for hydroxylation is 1. The normalized spacial score (nSPS) is 15.9. The summed E-state index contributed by atoms with van der Waals surface area (Å²) in [5, 5.41) is 0.0381. The largest absolute Gasteiger partial charge is 0.416 e. The number of hydrogen-bond donors (Lipinski definition) is 0. The standard InChI is InChI=1S/C22H20F3N3O3/c1-21(2)9-13-16(14(29)10-21)15(11-5-7-12(8-6-11)22(23,24)25)17-18(26-13)27(3)20(31)28(4)19(17)30/h5-8H,9-10H2,1-4H3. The Morgan fingerprint density at radius 1 is 0.935 bits per heavy atom. The Morgan fingerprint density at radius 3 is 2.13 bits per heavy atom. The molecule has 0 saturated heterocycles. The average Bonchev–Trinajstić information content (AvgIpc) is 2.67. The van der Waals surface area contributed by atoms with E-state index in [1.165, 1.54) is 30.8 Å². The highest BCUT2D eigenvalue weighted by Gasteiger charge is 2.36. The molecule has 0 fully saturated rings. The summed E-state index contributed by atoms with van der Waals surface area (Å²) < 4.78 is 41.3. The van der Waals surface area contributed by atoms with Gasteiger partial charge in [0.15, 0.2) is 5.78 Å². The number of aromatic nitrogens is 3. The molecule has 0 N–H and O–H groups in total. The van der Waals surface area contributed by atoms with Crippen LogP contribution in [0.1, 0.15) is 41.9 Å². The van der Waals surface area contributed by atoms with Crippen molar-refractivity contribution in [3.8, 4) is 11.1 Å². The van der Waals surface area contributed by atoms with Crippen molar-refractivity contribution in [1.82, 2.24) is 14.1 Å². The molecule has 6 nitrogen and oxygen atoms in total. The fraction of sp³-hybridized carbons (Fsp3) is 0.364. The Labute approximate surface area is 175 Å². The second-order valence-corrected chi connectivity index (χ2v) is 8.73. The lowest BCUT2D eigenvalue weighted by Gasteiger charge is -2.31. The number of fused-ring (bicyclic) bond motifs is 2. The van der Waals surface area contributed by atoms with E-state index in [0.29, 0.717) is 17.7 Å². The first kappa shape index (κ1) is 21.0. The van der Waals surface area contributed by atoms with Crippen molar-refractivity contribution in [3.63, 3.8) is 0 Å². The van der Waals surface area contributed by atoms with Gasteiger partial charge in [-0.15, -0.1) is 0 Å². The number of alkyl halides is 3. The Morgan fingerprint density at radius 2 is 1.55 bits per heavy atom. The van der Waals surface area contributed by atoms with Crippen molar-refractivity contribution in [1.29, 1.82) is 0 Å². The number of carbonyl (C=O) groups excluding carboxylic acids is 1. The van der Waals surface area contributed by atoms with Crippen molar-refractivity contribution in [2.75, 3.05) is 0 Å². The zero-order valence-corrected chi connectivity index (χ0v) is 17.4. The number of nitrogens with zero attached hydrogens (tertiary/aromatic N) is 3. The van der Waals surface area contributed by atoms with Gasteiger partial charge < -0.3 is 0 Å². The minimum Gasteiger partial charge on any atom is -0.294 e. The molecule has 2 aromatic heterocycles. The third kappa shape index (κ3) is 3.28. The maximum atomic E-state index is 13.1. The summed E-state index contributed by atoms with van der Waals surface area (Å²) in [7, 11) is 2.78. The lowest BCUT2D eigenvalue weighted by atomic mass is 9.73. The van der Waals surface area contributed by atoms with Crippen LogP contribution in [0.3, 0.4) is 0 Å². The summed E-state index contributed by atoms with van der Waals surface area (Å²) in [5.74, 6) is -0.230. The molecule has 1 aromatic carbocycles. The van der Waals surface area contributed by atoms with Crippen LogP contribution in [-0.2, 0) is 26.7 Å². The highest BCUT2D eigenvalue weighted by Crippen LogP contribution is 2.41. The average molecular weight is 431 g/mol. The molecule has 0 atom stereocenters. The van der Waals surface area contributed by atoms with Gasteiger partial charge in [-0.3, -0.25) is 18.7 Å². The molecule has 162 valence electrons. The molecule has 9 heteroatoms. The van der Waals surface area contributed by atoms with E-state index >= 15 is 0 Å². The van der Waals surface area contributed by atoms with E-state index < -0.39 is 23.0 Å². The maximum Gasteiger partial charge on any atom is 0.416 e. The SMILES string of the molecule is Cn1c(=O)c2c(-c3ccc(C(F)(F)F)cc3)c3c(nc2n(C)c1=O)CC(C)(C)CC3=O. The minimum absolute atomic E-state index is 0.0381. The van der Waals surface area contributed by atoms with Crippen LogP contribution in [0.25, 0.3) is 22.2 Å². The van der Waals surface area contributed by atoms with Crippen LogP contribution < -0.4 is 11.2 Å². The molecule has 0 spiro atoms. The molecule has 4 rings (SSSR count). The van der Waals surface area contributed by atoms with E-state index in [9.17, 15) is 27.6 Å². The van der Waals surface area contributed by atoms with Crippen molar-refractivity contribution >= 4 is 16.8 Å². The third-order valence-electron chi connectivity index (χ3n) is 5.73. The Balaban J connectivity index is 2.17. The van der Waals surface area contributed by atoms with Crippen molar-refractivity contribution in [3.05, 3.63) is 61.9 Å². The van der Waals surface area contributed by atoms with Gasteiger partial charge in [0.05, 0.1) is 16.6 Å². The van der Waals surface area contributed by atoms with Crippen molar-refractivity contribution < 1.29 is 18.0 Å². The maximum absolute atomic E-state index is 13.1. The number of Topliss-reactive ketones (excluding diaryl/α,β-unsaturated/α-hetero) is 1. The van der Waals surface area contributed by atoms with Gasteiger partial charge in [0.2, 0.25) is 0 Å². The van der Waals surface area contributed by atoms with Gasteiger partial charge in [-0.2, -0.15) is 13.2 Å². The fourth-order valence-electron chi connectivity index (χ4n) is 4.22. The van der Waals surface area contributed by atoms with Gasteiger partial charge in [0.25, 0.3) is 5.56 Å². The molecule has 0 unspecified atom stereocenters. The number of halogens is 3. The highest BCUT2D eigenvalue weighted by atomic mass is 19.4. The molecule has 2 heterocycles. The van der Waals surface area contributed by atoms with Crippen LogP contribution in [-0.4, -0.2) is 19.9 Å². The van der Waals surface area contributed by atoms with Gasteiger partial charge in [-0.1, -0.05) is 26.0 Å². The first-order chi connectivity index (χ1) is 14.3. The number of pyridine rings is 1. The molecule has 31 heavy (non-hydrogen) atoms. The topological polar surface area (TPSA) is 74.0 Å². The van der Waals surface area contributed by atoms with Crippen LogP contribution >= 0.6 is 0 Å². The summed E-state index contributed by atoms with van der Waals surface area (Å²) in [6, 6.07) is 4.32. The molecule has 3 aromatic rings. The number of ketones is 1. The van der Waals surface area contributed by atoms with Gasteiger partial charge in [0.1, 0.15) is 5.65 Å². The number of hydrogen-bond acceptors (Lipinski definition) is 4. The lowest BCUT2D eigenvalue weighted by Crippen LogP contribution is -2.38. The van der Waals surface area contributed by atoms with E-state index in [1.807, 2.05) is 13.8 Å². The molecular weight excluding hydrogens is 411 g/mol. The van der Waals surface area contributed by atoms with Crippen LogP contribution in [0.4, 0.5) is 13.2 Å². The summed E-state index contributed by atoms with van der Waals surface area (Å²) in [6.07, 6.45) is -3.87. The van der Waals surface area contributed by atoms with Gasteiger partial charge >= 0.3 is 11.9 Å². The molecule has 1 aliphatic rings. The first-order valence-corrected chi connectivity index (χ1v) is 9.65. The molecule has 0 aliphatic heterocycles. The fourth-order valence-corrected chi connectivity index (χ4v) is 4.22. The predicted molar refractivity (Wildman–Crippen MR) is 109 cm³/mol. The Hall–Kier alpha value is -3.23. The van der Waals surface area contributed by atoms with E-state index in [-0.39, 0.29) is 39.8 Å². The van der Waals surface area contributed by atoms with Crippen LogP contribution in [0, 0.1) is 5.41 Å². The quantitative estimate of drug-likeness (QED) is 0.591. The summed E-state index contributed by atoms with van der Waals surface area (Å²) in [6.45, 7) is 3.83. The molecule has 0 amide bonds. The number of rotatable bonds is 1. The third-order valence-corrected chi connectivity index (χ3v) is 5.73. The van der Waals surface area contributed by atoms with Crippen molar-refractivity contribution in [2.45, 2.75) is 32.9 Å². The Kier molecular flexibility index (Phi) is 4.50. The highest BCUT2D eigenvalue weighted by molar-refractivity contribution is 6.10. The van der Waals surface area contributed by atoms with Gasteiger partial charge in [-0.05, 0) is 29.5 Å². The van der Waals surface area contributed by atoms with E-state index in [2.05, 4.69) is 4.98 Å². The zero-order chi connectivity index (χ0) is 22.9. The summed E-state index contributed by atoms with van der Waals surface area (Å²) >= 11 is 0. The Bertz CT molecular complexity index is 1360. The molecular formula is C22H20F3N3O3. The molecule has 1 aliphatic carbocycles. The molecule has 0 bridgehead atoms. The van der Waals surface area contributed by atoms with Gasteiger partial charge in [0, 0.05) is 31.6 Å². The van der Waals surface area contributed by atoms with Gasteiger partial charge in [-0.25, -0.2) is 9.78 Å². The number of benzene rings is 1. The first-order valence-electron chi connectivity index (χ1n) is 9.65. The lowest BCUT2D eigenvalue weighted by molar-refractivity contribution is -0.137. The smallest absolute Gasteiger partial charge is 0.294 e. The molecule has 0 radical (unpaired) electrons. The predicted octanol–water partition coefficient (Wildman–Crippen LogP) is 3.47. The minimum atomic E-state index is -4.52. The van der Waals surface area contributed by atoms with Crippen molar-refractivity contribution in [2.24, 2.45) is 19.5 Å². The zero-order valence-electron chi connectivity index (χ0n) is 17.4. The second kappa shape index (κ2) is 6.63. The summed E-state index contributed by atoms with van der Waals surface area (Å²) in [5.41, 5.74) is -1.14. The van der Waals surface area contributed by atoms with E-state index in [0.717, 1.165) is 16.7 Å². The monoisotopic (exact) mass is 431 g/mol. The van der Waals surface area contributed by atoms with Crippen LogP contribution in [0.15, 0.2) is 33.9 Å². The van der Waals surface area contributed by atoms with Crippen LogP contribution in [0.5, 0.6) is 0 Å².